The Morgan fingerprint density at radius 3 is 2.65 bits per heavy atom. The van der Waals surface area contributed by atoms with Crippen molar-refractivity contribution >= 4 is 34.7 Å². The lowest BCUT2D eigenvalue weighted by molar-refractivity contribution is -0.384. The fourth-order valence-corrected chi connectivity index (χ4v) is 3.61. The Kier molecular flexibility index (Phi) is 7.44. The lowest BCUT2D eigenvalue weighted by atomic mass is 10.3. The largest absolute Gasteiger partial charge is 0.497 e. The number of non-ortho nitro benzene ring substituents is 1. The van der Waals surface area contributed by atoms with E-state index in [1.165, 1.54) is 30.0 Å². The van der Waals surface area contributed by atoms with E-state index in [1.807, 2.05) is 35.8 Å². The highest BCUT2D eigenvalue weighted by Crippen LogP contribution is 2.21. The van der Waals surface area contributed by atoms with E-state index < -0.39 is 4.92 Å². The zero-order valence-electron chi connectivity index (χ0n) is 17.1. The first kappa shape index (κ1) is 22.1. The van der Waals surface area contributed by atoms with Gasteiger partial charge in [-0.05, 0) is 37.3 Å². The van der Waals surface area contributed by atoms with Crippen LogP contribution in [0.2, 0.25) is 0 Å². The first-order valence-electron chi connectivity index (χ1n) is 9.47. The van der Waals surface area contributed by atoms with Crippen LogP contribution >= 0.6 is 11.8 Å². The van der Waals surface area contributed by atoms with Crippen molar-refractivity contribution in [1.82, 2.24) is 14.8 Å². The SMILES string of the molecule is CCn1c(CNc2ccc(OC)cc2)nnc1SCC(=O)Nc1cccc([N+](=O)[O-])c1. The number of hydrogen-bond donors (Lipinski definition) is 2. The van der Waals surface area contributed by atoms with Crippen molar-refractivity contribution < 1.29 is 14.5 Å². The molecule has 10 nitrogen and oxygen atoms in total. The van der Waals surface area contributed by atoms with Crippen molar-refractivity contribution in [3.63, 3.8) is 0 Å². The number of amides is 1. The summed E-state index contributed by atoms with van der Waals surface area (Å²) in [4.78, 5) is 22.6. The monoisotopic (exact) mass is 442 g/mol. The predicted octanol–water partition coefficient (Wildman–Crippen LogP) is 3.56. The normalized spacial score (nSPS) is 10.5. The van der Waals surface area contributed by atoms with E-state index in [0.717, 1.165) is 17.3 Å². The molecule has 0 spiro atoms. The first-order valence-corrected chi connectivity index (χ1v) is 10.5. The smallest absolute Gasteiger partial charge is 0.271 e. The molecule has 162 valence electrons. The summed E-state index contributed by atoms with van der Waals surface area (Å²) in [6.45, 7) is 3.11. The molecule has 0 bridgehead atoms. The quantitative estimate of drug-likeness (QED) is 0.277. The van der Waals surface area contributed by atoms with Gasteiger partial charge in [0, 0.05) is 30.1 Å². The van der Waals surface area contributed by atoms with Gasteiger partial charge in [0.25, 0.3) is 5.69 Å². The Labute approximate surface area is 183 Å². The highest BCUT2D eigenvalue weighted by atomic mass is 32.2. The van der Waals surface area contributed by atoms with Gasteiger partial charge >= 0.3 is 0 Å². The number of nitro benzene ring substituents is 1. The van der Waals surface area contributed by atoms with Crippen molar-refractivity contribution in [2.75, 3.05) is 23.5 Å². The maximum atomic E-state index is 12.3. The van der Waals surface area contributed by atoms with E-state index >= 15 is 0 Å². The highest BCUT2D eigenvalue weighted by molar-refractivity contribution is 7.99. The summed E-state index contributed by atoms with van der Waals surface area (Å²) < 4.78 is 7.08. The van der Waals surface area contributed by atoms with Gasteiger partial charge in [-0.25, -0.2) is 0 Å². The number of thioether (sulfide) groups is 1. The number of carbonyl (C=O) groups is 1. The molecule has 3 rings (SSSR count). The average molecular weight is 443 g/mol. The minimum atomic E-state index is -0.504. The fraction of sp³-hybridized carbons (Fsp3) is 0.250. The lowest BCUT2D eigenvalue weighted by Gasteiger charge is -2.10. The summed E-state index contributed by atoms with van der Waals surface area (Å²) in [5.74, 6) is 1.35. The number of ether oxygens (including phenoxy) is 1. The molecule has 2 aromatic carbocycles. The number of benzene rings is 2. The Bertz CT molecular complexity index is 1050. The van der Waals surface area contributed by atoms with E-state index in [-0.39, 0.29) is 17.3 Å². The van der Waals surface area contributed by atoms with Crippen LogP contribution in [0.1, 0.15) is 12.7 Å². The number of nitrogens with one attached hydrogen (secondary N) is 2. The molecule has 2 N–H and O–H groups in total. The zero-order valence-corrected chi connectivity index (χ0v) is 17.9. The summed E-state index contributed by atoms with van der Waals surface area (Å²) in [7, 11) is 1.62. The molecular weight excluding hydrogens is 420 g/mol. The maximum Gasteiger partial charge on any atom is 0.271 e. The Balaban J connectivity index is 1.56. The molecular formula is C20H22N6O4S. The number of nitrogens with zero attached hydrogens (tertiary/aromatic N) is 4. The van der Waals surface area contributed by atoms with Crippen molar-refractivity contribution in [1.29, 1.82) is 0 Å². The Morgan fingerprint density at radius 1 is 1.19 bits per heavy atom. The van der Waals surface area contributed by atoms with Crippen molar-refractivity contribution in [3.8, 4) is 5.75 Å². The molecule has 0 aliphatic carbocycles. The van der Waals surface area contributed by atoms with Gasteiger partial charge in [-0.2, -0.15) is 0 Å². The van der Waals surface area contributed by atoms with Crippen LogP contribution in [0.3, 0.4) is 0 Å². The third kappa shape index (κ3) is 5.95. The van der Waals surface area contributed by atoms with Gasteiger partial charge in [0.05, 0.1) is 24.3 Å². The van der Waals surface area contributed by atoms with Gasteiger partial charge < -0.3 is 19.9 Å². The molecule has 0 atom stereocenters. The minimum Gasteiger partial charge on any atom is -0.497 e. The van der Waals surface area contributed by atoms with Crippen molar-refractivity contribution in [2.24, 2.45) is 0 Å². The van der Waals surface area contributed by atoms with Crippen LogP contribution in [0.25, 0.3) is 0 Å². The van der Waals surface area contributed by atoms with Gasteiger partial charge in [0.15, 0.2) is 11.0 Å². The summed E-state index contributed by atoms with van der Waals surface area (Å²) in [5.41, 5.74) is 1.23. The lowest BCUT2D eigenvalue weighted by Crippen LogP contribution is -2.15. The minimum absolute atomic E-state index is 0.0785. The van der Waals surface area contributed by atoms with Gasteiger partial charge in [-0.15, -0.1) is 10.2 Å². The topological polar surface area (TPSA) is 124 Å². The van der Waals surface area contributed by atoms with Crippen molar-refractivity contribution in [2.45, 2.75) is 25.2 Å². The molecule has 31 heavy (non-hydrogen) atoms. The second-order valence-corrected chi connectivity index (χ2v) is 7.31. The number of rotatable bonds is 10. The number of nitro groups is 1. The van der Waals surface area contributed by atoms with E-state index in [9.17, 15) is 14.9 Å². The third-order valence-electron chi connectivity index (χ3n) is 4.32. The van der Waals surface area contributed by atoms with Crippen LogP contribution in [0.15, 0.2) is 53.7 Å². The van der Waals surface area contributed by atoms with Crippen LogP contribution < -0.4 is 15.4 Å². The zero-order chi connectivity index (χ0) is 22.2. The molecule has 0 radical (unpaired) electrons. The first-order chi connectivity index (χ1) is 15.0. The highest BCUT2D eigenvalue weighted by Gasteiger charge is 2.14. The number of methoxy groups -OCH3 is 1. The van der Waals surface area contributed by atoms with Gasteiger partial charge in [0.1, 0.15) is 5.75 Å². The number of anilines is 2. The van der Waals surface area contributed by atoms with E-state index in [0.29, 0.717) is 23.9 Å². The van der Waals surface area contributed by atoms with Gasteiger partial charge in [-0.1, -0.05) is 17.8 Å². The summed E-state index contributed by atoms with van der Waals surface area (Å²) >= 11 is 1.26. The van der Waals surface area contributed by atoms with Gasteiger partial charge in [-0.3, -0.25) is 14.9 Å². The van der Waals surface area contributed by atoms with E-state index in [1.54, 1.807) is 13.2 Å². The molecule has 1 aromatic heterocycles. The standard InChI is InChI=1S/C20H22N6O4S/c1-3-25-18(12-21-14-7-9-17(30-2)10-8-14)23-24-20(25)31-13-19(27)22-15-5-4-6-16(11-15)26(28)29/h4-11,21H,3,12-13H2,1-2H3,(H,22,27). The van der Waals surface area contributed by atoms with Gasteiger partial charge in [0.2, 0.25) is 5.91 Å². The number of carbonyl (C=O) groups excluding carboxylic acids is 1. The molecule has 0 aliphatic heterocycles. The molecule has 1 heterocycles. The van der Waals surface area contributed by atoms with Crippen LogP contribution in [0.5, 0.6) is 5.75 Å². The summed E-state index contributed by atoms with van der Waals surface area (Å²) in [5, 5.41) is 25.9. The molecule has 0 fully saturated rings. The second-order valence-electron chi connectivity index (χ2n) is 6.37. The molecule has 11 heteroatoms. The second kappa shape index (κ2) is 10.4. The molecule has 1 amide bonds. The van der Waals surface area contributed by atoms with Crippen molar-refractivity contribution in [3.05, 3.63) is 64.5 Å². The Morgan fingerprint density at radius 2 is 1.97 bits per heavy atom. The number of aromatic nitrogens is 3. The molecule has 0 saturated carbocycles. The van der Waals surface area contributed by atoms with E-state index in [4.69, 9.17) is 4.74 Å². The Hall–Kier alpha value is -3.60. The van der Waals surface area contributed by atoms with Crippen LogP contribution in [0, 0.1) is 10.1 Å². The molecule has 0 unspecified atom stereocenters. The molecule has 3 aromatic rings. The van der Waals surface area contributed by atoms with E-state index in [2.05, 4.69) is 20.8 Å². The maximum absolute atomic E-state index is 12.3. The number of hydrogen-bond acceptors (Lipinski definition) is 8. The van der Waals surface area contributed by atoms with Crippen LogP contribution in [0.4, 0.5) is 17.1 Å². The fourth-order valence-electron chi connectivity index (χ4n) is 2.79. The van der Waals surface area contributed by atoms with Crippen LogP contribution in [-0.2, 0) is 17.9 Å². The predicted molar refractivity (Wildman–Crippen MR) is 118 cm³/mol. The average Bonchev–Trinajstić information content (AvgIpc) is 3.18. The van der Waals surface area contributed by atoms with Crippen LogP contribution in [-0.4, -0.2) is 38.5 Å². The summed E-state index contributed by atoms with van der Waals surface area (Å²) in [6.07, 6.45) is 0. The third-order valence-corrected chi connectivity index (χ3v) is 5.29. The molecule has 0 saturated heterocycles. The summed E-state index contributed by atoms with van der Waals surface area (Å²) in [6, 6.07) is 13.4. The molecule has 0 aliphatic rings.